The second-order valence-corrected chi connectivity index (χ2v) is 7.02. The van der Waals surface area contributed by atoms with Gasteiger partial charge in [-0.1, -0.05) is 12.1 Å². The number of nitrogens with zero attached hydrogens (tertiary/aromatic N) is 1. The van der Waals surface area contributed by atoms with Crippen molar-refractivity contribution >= 4 is 23.5 Å². The van der Waals surface area contributed by atoms with E-state index < -0.39 is 29.5 Å². The summed E-state index contributed by atoms with van der Waals surface area (Å²) in [6.07, 6.45) is -5.30. The Morgan fingerprint density at radius 1 is 1.04 bits per heavy atom. The van der Waals surface area contributed by atoms with Crippen molar-refractivity contribution < 1.29 is 27.5 Å². The van der Waals surface area contributed by atoms with Crippen LogP contribution in [-0.4, -0.2) is 22.6 Å². The number of ether oxygens (including phenoxy) is 1. The Balaban J connectivity index is 2.17. The fourth-order valence-corrected chi connectivity index (χ4v) is 2.16. The van der Waals surface area contributed by atoms with Gasteiger partial charge in [-0.15, -0.1) is 0 Å². The van der Waals surface area contributed by atoms with Gasteiger partial charge in [-0.2, -0.15) is 13.2 Å². The number of aromatic nitrogens is 1. The number of carbonyl (C=O) groups is 2. The molecule has 0 atom stereocenters. The first-order valence-electron chi connectivity index (χ1n) is 8.31. The highest BCUT2D eigenvalue weighted by Gasteiger charge is 2.32. The molecule has 2 amide bonds. The van der Waals surface area contributed by atoms with Gasteiger partial charge in [0.2, 0.25) is 0 Å². The molecule has 2 aromatic rings. The number of alkyl halides is 3. The van der Waals surface area contributed by atoms with E-state index in [2.05, 4.69) is 15.6 Å². The molecule has 2 N–H and O–H groups in total. The van der Waals surface area contributed by atoms with Gasteiger partial charge in [-0.3, -0.25) is 10.1 Å². The second kappa shape index (κ2) is 7.87. The smallest absolute Gasteiger partial charge is 0.433 e. The Morgan fingerprint density at radius 3 is 2.32 bits per heavy atom. The van der Waals surface area contributed by atoms with E-state index in [0.29, 0.717) is 11.3 Å². The van der Waals surface area contributed by atoms with Crippen LogP contribution in [-0.2, 0) is 10.9 Å². The molecular weight excluding hydrogens is 375 g/mol. The summed E-state index contributed by atoms with van der Waals surface area (Å²) in [5.74, 6) is -0.902. The topological polar surface area (TPSA) is 80.3 Å². The second-order valence-electron chi connectivity index (χ2n) is 7.02. The van der Waals surface area contributed by atoms with Gasteiger partial charge < -0.3 is 10.1 Å². The number of benzene rings is 1. The Hall–Kier alpha value is -3.10. The zero-order valence-electron chi connectivity index (χ0n) is 15.8. The molecule has 28 heavy (non-hydrogen) atoms. The number of hydrogen-bond donors (Lipinski definition) is 2. The lowest BCUT2D eigenvalue weighted by Crippen LogP contribution is -2.27. The average Bonchev–Trinajstić information content (AvgIpc) is 2.54. The molecule has 9 heteroatoms. The zero-order chi connectivity index (χ0) is 21.1. The van der Waals surface area contributed by atoms with Crippen molar-refractivity contribution in [3.63, 3.8) is 0 Å². The molecule has 0 aliphatic carbocycles. The monoisotopic (exact) mass is 395 g/mol. The summed E-state index contributed by atoms with van der Waals surface area (Å²) in [4.78, 5) is 27.7. The molecule has 0 saturated heterocycles. The number of amides is 2. The molecule has 1 aromatic carbocycles. The van der Waals surface area contributed by atoms with E-state index in [4.69, 9.17) is 4.74 Å². The molecule has 6 nitrogen and oxygen atoms in total. The number of pyridine rings is 1. The van der Waals surface area contributed by atoms with Crippen LogP contribution < -0.4 is 10.6 Å². The number of aryl methyl sites for hydroxylation is 1. The molecule has 0 spiro atoms. The fourth-order valence-electron chi connectivity index (χ4n) is 2.16. The molecule has 0 aliphatic rings. The third-order valence-corrected chi connectivity index (χ3v) is 3.42. The Morgan fingerprint density at radius 2 is 1.71 bits per heavy atom. The van der Waals surface area contributed by atoms with Gasteiger partial charge in [0.25, 0.3) is 5.91 Å². The fraction of sp³-hybridized carbons (Fsp3) is 0.316. The first-order valence-corrected chi connectivity index (χ1v) is 8.31. The van der Waals surface area contributed by atoms with Crippen molar-refractivity contribution in [2.45, 2.75) is 39.5 Å². The maximum atomic E-state index is 12.7. The first-order chi connectivity index (χ1) is 12.8. The SMILES string of the molecule is Cc1ccc(C(=O)Nc2cccc(C(F)(F)F)n2)cc1NC(=O)OC(C)(C)C. The first kappa shape index (κ1) is 21.2. The molecule has 0 saturated carbocycles. The largest absolute Gasteiger partial charge is 0.444 e. The summed E-state index contributed by atoms with van der Waals surface area (Å²) in [5.41, 5.74) is -0.641. The summed E-state index contributed by atoms with van der Waals surface area (Å²) in [6, 6.07) is 7.70. The van der Waals surface area contributed by atoms with Crippen molar-refractivity contribution in [2.75, 3.05) is 10.6 Å². The quantitative estimate of drug-likeness (QED) is 0.766. The van der Waals surface area contributed by atoms with Gasteiger partial charge in [0.1, 0.15) is 17.1 Å². The van der Waals surface area contributed by atoms with Crippen molar-refractivity contribution in [3.05, 3.63) is 53.2 Å². The third kappa shape index (κ3) is 5.97. The van der Waals surface area contributed by atoms with E-state index >= 15 is 0 Å². The lowest BCUT2D eigenvalue weighted by atomic mass is 10.1. The molecule has 0 radical (unpaired) electrons. The number of nitrogens with one attached hydrogen (secondary N) is 2. The Kier molecular flexibility index (Phi) is 5.96. The number of rotatable bonds is 3. The third-order valence-electron chi connectivity index (χ3n) is 3.42. The van der Waals surface area contributed by atoms with E-state index in [1.54, 1.807) is 33.8 Å². The predicted molar refractivity (Wildman–Crippen MR) is 98.2 cm³/mol. The van der Waals surface area contributed by atoms with Crippen LogP contribution in [0.15, 0.2) is 36.4 Å². The van der Waals surface area contributed by atoms with Gasteiger partial charge in [-0.05, 0) is 57.5 Å². The van der Waals surface area contributed by atoms with E-state index in [0.717, 1.165) is 12.1 Å². The van der Waals surface area contributed by atoms with Crippen molar-refractivity contribution in [2.24, 2.45) is 0 Å². The highest BCUT2D eigenvalue weighted by Crippen LogP contribution is 2.28. The van der Waals surface area contributed by atoms with E-state index in [1.807, 2.05) is 0 Å². The summed E-state index contributed by atoms with van der Waals surface area (Å²) in [7, 11) is 0. The molecule has 1 aromatic heterocycles. The minimum Gasteiger partial charge on any atom is -0.444 e. The maximum absolute atomic E-state index is 12.7. The van der Waals surface area contributed by atoms with Crippen LogP contribution in [0, 0.1) is 6.92 Å². The normalized spacial score (nSPS) is 11.7. The molecule has 1 heterocycles. The number of hydrogen-bond acceptors (Lipinski definition) is 4. The van der Waals surface area contributed by atoms with Gasteiger partial charge in [0.05, 0.1) is 0 Å². The molecule has 0 fully saturated rings. The van der Waals surface area contributed by atoms with Crippen LogP contribution in [0.1, 0.15) is 42.4 Å². The molecule has 0 aliphatic heterocycles. The molecule has 150 valence electrons. The summed E-state index contributed by atoms with van der Waals surface area (Å²) in [6.45, 7) is 6.87. The van der Waals surface area contributed by atoms with Crippen LogP contribution in [0.2, 0.25) is 0 Å². The van der Waals surface area contributed by atoms with Crippen LogP contribution in [0.5, 0.6) is 0 Å². The van der Waals surface area contributed by atoms with E-state index in [-0.39, 0.29) is 11.4 Å². The zero-order valence-corrected chi connectivity index (χ0v) is 15.8. The van der Waals surface area contributed by atoms with Gasteiger partial charge in [0, 0.05) is 11.3 Å². The number of carbonyl (C=O) groups excluding carboxylic acids is 2. The van der Waals surface area contributed by atoms with Gasteiger partial charge >= 0.3 is 12.3 Å². The highest BCUT2D eigenvalue weighted by molar-refractivity contribution is 6.05. The Labute approximate surface area is 160 Å². The highest BCUT2D eigenvalue weighted by atomic mass is 19.4. The summed E-state index contributed by atoms with van der Waals surface area (Å²) >= 11 is 0. The standard InChI is InChI=1S/C19H20F3N3O3/c1-11-8-9-12(10-13(11)23-17(27)28-18(2,3)4)16(26)25-15-7-5-6-14(24-15)19(20,21)22/h5-10H,1-4H3,(H,23,27)(H,24,25,26). The molecular formula is C19H20F3N3O3. The minimum atomic E-state index is -4.62. The van der Waals surface area contributed by atoms with E-state index in [9.17, 15) is 22.8 Å². The minimum absolute atomic E-state index is 0.135. The molecule has 0 unspecified atom stereocenters. The van der Waals surface area contributed by atoms with Crippen LogP contribution >= 0.6 is 0 Å². The van der Waals surface area contributed by atoms with Gasteiger partial charge in [0.15, 0.2) is 0 Å². The van der Waals surface area contributed by atoms with Crippen molar-refractivity contribution in [1.29, 1.82) is 0 Å². The summed E-state index contributed by atoms with van der Waals surface area (Å²) in [5, 5.41) is 4.86. The lowest BCUT2D eigenvalue weighted by molar-refractivity contribution is -0.141. The Bertz CT molecular complexity index is 890. The van der Waals surface area contributed by atoms with E-state index in [1.165, 1.54) is 18.2 Å². The van der Waals surface area contributed by atoms with Crippen LogP contribution in [0.3, 0.4) is 0 Å². The predicted octanol–water partition coefficient (Wildman–Crippen LogP) is 5.01. The number of anilines is 2. The van der Waals surface area contributed by atoms with Crippen LogP contribution in [0.25, 0.3) is 0 Å². The lowest BCUT2D eigenvalue weighted by Gasteiger charge is -2.20. The van der Waals surface area contributed by atoms with Crippen LogP contribution in [0.4, 0.5) is 29.5 Å². The maximum Gasteiger partial charge on any atom is 0.433 e. The molecule has 2 rings (SSSR count). The number of halogens is 3. The molecule has 0 bridgehead atoms. The van der Waals surface area contributed by atoms with Crippen molar-refractivity contribution in [3.8, 4) is 0 Å². The average molecular weight is 395 g/mol. The van der Waals surface area contributed by atoms with Crippen molar-refractivity contribution in [1.82, 2.24) is 4.98 Å². The summed E-state index contributed by atoms with van der Waals surface area (Å²) < 4.78 is 43.4. The van der Waals surface area contributed by atoms with Gasteiger partial charge in [-0.25, -0.2) is 9.78 Å².